The molecule has 1 aliphatic heterocycles. The standard InChI is InChI=1S/C26H43NO2/c1-25-11-7-18(4-3-17-9-13-27-14-10-17)15-22(25)23(28)16-19-20-5-6-24(29)26(20,2)12-8-21(19)25/h17-23,27-28H,3-16H2,1-2H3/t18?,19?,20?,21?,22?,23-,25+,26-/m0/s1. The van der Waals surface area contributed by atoms with Crippen LogP contribution in [0.25, 0.3) is 0 Å². The lowest BCUT2D eigenvalue weighted by atomic mass is 9.44. The van der Waals surface area contributed by atoms with Crippen molar-refractivity contribution in [3.8, 4) is 0 Å². The molecule has 5 fully saturated rings. The fourth-order valence-corrected chi connectivity index (χ4v) is 9.06. The molecule has 1 saturated heterocycles. The fraction of sp³-hybridized carbons (Fsp3) is 0.962. The van der Waals surface area contributed by atoms with Crippen LogP contribution in [0.2, 0.25) is 0 Å². The molecule has 29 heavy (non-hydrogen) atoms. The largest absolute Gasteiger partial charge is 0.393 e. The Hall–Kier alpha value is -0.410. The molecule has 0 bridgehead atoms. The summed E-state index contributed by atoms with van der Waals surface area (Å²) >= 11 is 0. The molecule has 8 atom stereocenters. The molecule has 0 aromatic carbocycles. The minimum atomic E-state index is -0.138. The van der Waals surface area contributed by atoms with Crippen LogP contribution < -0.4 is 5.32 Å². The van der Waals surface area contributed by atoms with Crippen LogP contribution in [0.3, 0.4) is 0 Å². The molecule has 0 aromatic heterocycles. The molecule has 3 nitrogen and oxygen atoms in total. The summed E-state index contributed by atoms with van der Waals surface area (Å²) in [5.74, 6) is 4.64. The Morgan fingerprint density at radius 2 is 1.66 bits per heavy atom. The van der Waals surface area contributed by atoms with Gasteiger partial charge in [-0.2, -0.15) is 0 Å². The van der Waals surface area contributed by atoms with Gasteiger partial charge in [0, 0.05) is 11.8 Å². The predicted octanol–water partition coefficient (Wildman–Crippen LogP) is 4.97. The van der Waals surface area contributed by atoms with Gasteiger partial charge in [0.25, 0.3) is 0 Å². The number of aliphatic hydroxyl groups is 1. The molecule has 0 aromatic rings. The van der Waals surface area contributed by atoms with Crippen LogP contribution in [0.4, 0.5) is 0 Å². The van der Waals surface area contributed by atoms with Crippen molar-refractivity contribution in [2.45, 2.75) is 97.0 Å². The zero-order valence-electron chi connectivity index (χ0n) is 18.8. The molecule has 5 unspecified atom stereocenters. The summed E-state index contributed by atoms with van der Waals surface area (Å²) in [5, 5.41) is 14.8. The van der Waals surface area contributed by atoms with E-state index >= 15 is 0 Å². The molecule has 0 amide bonds. The first-order valence-corrected chi connectivity index (χ1v) is 12.8. The number of ketones is 1. The summed E-state index contributed by atoms with van der Waals surface area (Å²) in [6, 6.07) is 0. The van der Waals surface area contributed by atoms with Gasteiger partial charge in [0.2, 0.25) is 0 Å². The molecule has 2 N–H and O–H groups in total. The molecule has 4 saturated carbocycles. The molecule has 3 heteroatoms. The molecular formula is C26H43NO2. The zero-order chi connectivity index (χ0) is 20.2. The quantitative estimate of drug-likeness (QED) is 0.702. The lowest BCUT2D eigenvalue weighted by Gasteiger charge is -2.61. The van der Waals surface area contributed by atoms with Gasteiger partial charge < -0.3 is 10.4 Å². The molecular weight excluding hydrogens is 358 g/mol. The third-order valence-electron chi connectivity index (χ3n) is 10.9. The highest BCUT2D eigenvalue weighted by molar-refractivity contribution is 5.87. The van der Waals surface area contributed by atoms with Gasteiger partial charge in [-0.05, 0) is 112 Å². The number of nitrogens with one attached hydrogen (secondary N) is 1. The van der Waals surface area contributed by atoms with Crippen molar-refractivity contribution in [1.29, 1.82) is 0 Å². The second-order valence-electron chi connectivity index (χ2n) is 12.1. The van der Waals surface area contributed by atoms with Crippen molar-refractivity contribution in [3.05, 3.63) is 0 Å². The van der Waals surface area contributed by atoms with Crippen molar-refractivity contribution < 1.29 is 9.90 Å². The number of Topliss-reactive ketones (excluding diaryl/α,β-unsaturated/α-hetero) is 1. The highest BCUT2D eigenvalue weighted by Crippen LogP contribution is 2.66. The zero-order valence-corrected chi connectivity index (χ0v) is 18.8. The monoisotopic (exact) mass is 401 g/mol. The Morgan fingerprint density at radius 1 is 0.897 bits per heavy atom. The third-order valence-corrected chi connectivity index (χ3v) is 10.9. The summed E-state index contributed by atoms with van der Waals surface area (Å²) in [4.78, 5) is 12.6. The predicted molar refractivity (Wildman–Crippen MR) is 116 cm³/mol. The van der Waals surface area contributed by atoms with Crippen molar-refractivity contribution in [2.75, 3.05) is 13.1 Å². The number of carbonyl (C=O) groups is 1. The Bertz CT molecular complexity index is 628. The summed E-state index contributed by atoms with van der Waals surface area (Å²) in [6.07, 6.45) is 14.5. The molecule has 4 aliphatic carbocycles. The first-order valence-electron chi connectivity index (χ1n) is 12.8. The summed E-state index contributed by atoms with van der Waals surface area (Å²) < 4.78 is 0. The van der Waals surface area contributed by atoms with Crippen molar-refractivity contribution >= 4 is 5.78 Å². The molecule has 0 spiro atoms. The van der Waals surface area contributed by atoms with E-state index in [0.717, 1.165) is 43.4 Å². The number of hydrogen-bond donors (Lipinski definition) is 2. The summed E-state index contributed by atoms with van der Waals surface area (Å²) in [5.41, 5.74) is 0.233. The SMILES string of the molecule is C[C@]12CCC(CCC3CCNCC3)CC1[C@@H](O)CC1C2CC[C@]2(C)C(=O)CCC12. The van der Waals surface area contributed by atoms with Crippen LogP contribution in [0.1, 0.15) is 90.9 Å². The Balaban J connectivity index is 1.27. The van der Waals surface area contributed by atoms with E-state index in [1.165, 1.54) is 64.5 Å². The van der Waals surface area contributed by atoms with E-state index in [1.54, 1.807) is 0 Å². The van der Waals surface area contributed by atoms with Crippen molar-refractivity contribution in [1.82, 2.24) is 5.32 Å². The lowest BCUT2D eigenvalue weighted by Crippen LogP contribution is -2.57. The maximum atomic E-state index is 12.6. The number of hydrogen-bond acceptors (Lipinski definition) is 3. The maximum absolute atomic E-state index is 12.6. The summed E-state index contributed by atoms with van der Waals surface area (Å²) in [7, 11) is 0. The Morgan fingerprint density at radius 3 is 2.45 bits per heavy atom. The molecule has 5 rings (SSSR count). The van der Waals surface area contributed by atoms with Crippen molar-refractivity contribution in [2.24, 2.45) is 46.3 Å². The van der Waals surface area contributed by atoms with Gasteiger partial charge >= 0.3 is 0 Å². The smallest absolute Gasteiger partial charge is 0.139 e. The number of carbonyl (C=O) groups excluding carboxylic acids is 1. The van der Waals surface area contributed by atoms with Crippen LogP contribution in [0.5, 0.6) is 0 Å². The van der Waals surface area contributed by atoms with E-state index in [-0.39, 0.29) is 11.5 Å². The van der Waals surface area contributed by atoms with E-state index in [4.69, 9.17) is 0 Å². The fourth-order valence-electron chi connectivity index (χ4n) is 9.06. The van der Waals surface area contributed by atoms with Crippen LogP contribution in [0.15, 0.2) is 0 Å². The topological polar surface area (TPSA) is 49.3 Å². The van der Waals surface area contributed by atoms with E-state index in [1.807, 2.05) is 0 Å². The minimum Gasteiger partial charge on any atom is -0.393 e. The highest BCUT2D eigenvalue weighted by atomic mass is 16.3. The second kappa shape index (κ2) is 7.62. The van der Waals surface area contributed by atoms with Crippen LogP contribution in [-0.4, -0.2) is 30.1 Å². The number of fused-ring (bicyclic) bond motifs is 5. The van der Waals surface area contributed by atoms with E-state index in [9.17, 15) is 9.90 Å². The Labute approximate surface area is 177 Å². The van der Waals surface area contributed by atoms with Gasteiger partial charge in [0.1, 0.15) is 5.78 Å². The van der Waals surface area contributed by atoms with Crippen LogP contribution in [0, 0.1) is 46.3 Å². The average Bonchev–Trinajstić information content (AvgIpc) is 3.03. The maximum Gasteiger partial charge on any atom is 0.139 e. The van der Waals surface area contributed by atoms with Gasteiger partial charge in [-0.25, -0.2) is 0 Å². The van der Waals surface area contributed by atoms with Gasteiger partial charge in [-0.15, -0.1) is 0 Å². The molecule has 1 heterocycles. The third kappa shape index (κ3) is 3.34. The highest BCUT2D eigenvalue weighted by Gasteiger charge is 2.62. The van der Waals surface area contributed by atoms with Crippen LogP contribution >= 0.6 is 0 Å². The molecule has 164 valence electrons. The molecule has 0 radical (unpaired) electrons. The van der Waals surface area contributed by atoms with Gasteiger partial charge in [-0.1, -0.05) is 26.7 Å². The normalized spacial score (nSPS) is 50.7. The second-order valence-corrected chi connectivity index (χ2v) is 12.1. The average molecular weight is 402 g/mol. The molecule has 5 aliphatic rings. The summed E-state index contributed by atoms with van der Waals surface area (Å²) in [6.45, 7) is 7.20. The minimum absolute atomic E-state index is 0.0733. The van der Waals surface area contributed by atoms with E-state index in [0.29, 0.717) is 29.0 Å². The Kier molecular flexibility index (Phi) is 5.39. The van der Waals surface area contributed by atoms with E-state index in [2.05, 4.69) is 19.2 Å². The van der Waals surface area contributed by atoms with Gasteiger partial charge in [-0.3, -0.25) is 4.79 Å². The first-order chi connectivity index (χ1) is 13.9. The lowest BCUT2D eigenvalue weighted by molar-refractivity contribution is -0.165. The number of piperidine rings is 1. The number of rotatable bonds is 3. The van der Waals surface area contributed by atoms with Crippen molar-refractivity contribution in [3.63, 3.8) is 0 Å². The number of aliphatic hydroxyl groups excluding tert-OH is 1. The van der Waals surface area contributed by atoms with Gasteiger partial charge in [0.05, 0.1) is 6.10 Å². The van der Waals surface area contributed by atoms with E-state index < -0.39 is 0 Å². The first kappa shape index (κ1) is 20.5. The van der Waals surface area contributed by atoms with Crippen LogP contribution in [-0.2, 0) is 4.79 Å². The van der Waals surface area contributed by atoms with Gasteiger partial charge in [0.15, 0.2) is 0 Å².